The second-order valence-electron chi connectivity index (χ2n) is 12.2. The van der Waals surface area contributed by atoms with Gasteiger partial charge >= 0.3 is 0 Å². The van der Waals surface area contributed by atoms with Crippen molar-refractivity contribution < 1.29 is 0 Å². The van der Waals surface area contributed by atoms with Gasteiger partial charge in [-0.25, -0.2) is 0 Å². The van der Waals surface area contributed by atoms with Crippen molar-refractivity contribution in [3.05, 3.63) is 169 Å². The Kier molecular flexibility index (Phi) is 6.29. The van der Waals surface area contributed by atoms with E-state index in [2.05, 4.69) is 127 Å². The fourth-order valence-corrected chi connectivity index (χ4v) is 7.66. The highest BCUT2D eigenvalue weighted by Gasteiger charge is 2.32. The van der Waals surface area contributed by atoms with Crippen molar-refractivity contribution in [3.8, 4) is 78.9 Å². The minimum absolute atomic E-state index is 0.628. The molecule has 0 atom stereocenters. The first-order chi connectivity index (χ1) is 23.7. The summed E-state index contributed by atoms with van der Waals surface area (Å²) in [6.07, 6.45) is 0. The largest absolute Gasteiger partial charge is 0.192 e. The highest BCUT2D eigenvalue weighted by Crippen LogP contribution is 2.59. The Morgan fingerprint density at radius 2 is 0.771 bits per heavy atom. The molecule has 0 unspecified atom stereocenters. The van der Waals surface area contributed by atoms with Gasteiger partial charge in [0.25, 0.3) is 0 Å². The molecule has 0 heterocycles. The third-order valence-corrected chi connectivity index (χ3v) is 9.67. The SMILES string of the molecule is N#Cc1ccc(-c2ccc3c4c(ccc(-c5cccc(C#N)c5)c24)-c2c-3c(-c3ccccc3)c3ccccc3c2-c2ccccc2)cc1. The zero-order valence-corrected chi connectivity index (χ0v) is 25.9. The van der Waals surface area contributed by atoms with Gasteiger partial charge in [0.1, 0.15) is 0 Å². The number of hydrogen-bond acceptors (Lipinski definition) is 2. The molecule has 8 aromatic carbocycles. The van der Waals surface area contributed by atoms with Crippen molar-refractivity contribution in [2.45, 2.75) is 0 Å². The maximum absolute atomic E-state index is 9.81. The van der Waals surface area contributed by atoms with E-state index in [0.717, 1.165) is 27.6 Å². The molecule has 2 nitrogen and oxygen atoms in total. The number of hydrogen-bond donors (Lipinski definition) is 0. The molecule has 1 aliphatic rings. The van der Waals surface area contributed by atoms with Gasteiger partial charge in [-0.3, -0.25) is 0 Å². The van der Waals surface area contributed by atoms with Gasteiger partial charge in [0.15, 0.2) is 0 Å². The number of nitriles is 2. The Morgan fingerprint density at radius 3 is 1.31 bits per heavy atom. The smallest absolute Gasteiger partial charge is 0.0991 e. The number of rotatable bonds is 4. The van der Waals surface area contributed by atoms with E-state index in [1.54, 1.807) is 0 Å². The van der Waals surface area contributed by atoms with Crippen LogP contribution in [0.3, 0.4) is 0 Å². The molecule has 2 heteroatoms. The predicted octanol–water partition coefficient (Wildman–Crippen LogP) is 12.1. The van der Waals surface area contributed by atoms with Crippen LogP contribution in [0.4, 0.5) is 0 Å². The van der Waals surface area contributed by atoms with Gasteiger partial charge in [0.05, 0.1) is 23.3 Å². The Bertz CT molecular complexity index is 2560. The summed E-state index contributed by atoms with van der Waals surface area (Å²) in [6.45, 7) is 0. The molecule has 0 spiro atoms. The molecule has 9 rings (SSSR count). The van der Waals surface area contributed by atoms with Gasteiger partial charge in [0.2, 0.25) is 0 Å². The van der Waals surface area contributed by atoms with Crippen LogP contribution in [-0.2, 0) is 0 Å². The molecule has 0 fully saturated rings. The van der Waals surface area contributed by atoms with Crippen LogP contribution in [0, 0.1) is 22.7 Å². The number of benzene rings is 8. The van der Waals surface area contributed by atoms with Crippen LogP contribution < -0.4 is 0 Å². The summed E-state index contributed by atoms with van der Waals surface area (Å²) in [5.74, 6) is 0. The van der Waals surface area contributed by atoms with E-state index in [-0.39, 0.29) is 0 Å². The lowest BCUT2D eigenvalue weighted by molar-refractivity contribution is 1.48. The first kappa shape index (κ1) is 27.6. The van der Waals surface area contributed by atoms with E-state index in [0.29, 0.717) is 11.1 Å². The summed E-state index contributed by atoms with van der Waals surface area (Å²) in [5, 5.41) is 24.1. The minimum Gasteiger partial charge on any atom is -0.192 e. The van der Waals surface area contributed by atoms with Crippen LogP contribution in [0.15, 0.2) is 158 Å². The molecular formula is C46H26N2. The van der Waals surface area contributed by atoms with Crippen LogP contribution in [0.5, 0.6) is 0 Å². The summed E-state index contributed by atoms with van der Waals surface area (Å²) >= 11 is 0. The van der Waals surface area contributed by atoms with Crippen LogP contribution in [0.1, 0.15) is 11.1 Å². The Hall–Kier alpha value is -6.74. The molecule has 8 aromatic rings. The Labute approximate surface area is 279 Å². The molecular weight excluding hydrogens is 581 g/mol. The molecule has 1 aliphatic carbocycles. The molecule has 0 bridgehead atoms. The quantitative estimate of drug-likeness (QED) is 0.200. The van der Waals surface area contributed by atoms with E-state index in [9.17, 15) is 10.5 Å². The van der Waals surface area contributed by atoms with Crippen LogP contribution >= 0.6 is 0 Å². The summed E-state index contributed by atoms with van der Waals surface area (Å²) in [6, 6.07) is 59.7. The maximum Gasteiger partial charge on any atom is 0.0991 e. The zero-order chi connectivity index (χ0) is 32.2. The summed E-state index contributed by atoms with van der Waals surface area (Å²) < 4.78 is 0. The van der Waals surface area contributed by atoms with E-state index in [4.69, 9.17) is 0 Å². The zero-order valence-electron chi connectivity index (χ0n) is 25.9. The van der Waals surface area contributed by atoms with Crippen LogP contribution in [-0.4, -0.2) is 0 Å². The first-order valence-electron chi connectivity index (χ1n) is 16.1. The van der Waals surface area contributed by atoms with Crippen molar-refractivity contribution in [1.29, 1.82) is 10.5 Å². The fraction of sp³-hybridized carbons (Fsp3) is 0. The highest BCUT2D eigenvalue weighted by molar-refractivity contribution is 6.30. The van der Waals surface area contributed by atoms with E-state index >= 15 is 0 Å². The molecule has 220 valence electrons. The molecule has 0 saturated carbocycles. The molecule has 0 radical (unpaired) electrons. The van der Waals surface area contributed by atoms with Crippen molar-refractivity contribution in [2.75, 3.05) is 0 Å². The third kappa shape index (κ3) is 4.11. The average molecular weight is 607 g/mol. The first-order valence-corrected chi connectivity index (χ1v) is 16.1. The van der Waals surface area contributed by atoms with Crippen LogP contribution in [0.25, 0.3) is 88.3 Å². The van der Waals surface area contributed by atoms with Gasteiger partial charge in [-0.05, 0) is 113 Å². The van der Waals surface area contributed by atoms with Crippen LogP contribution in [0.2, 0.25) is 0 Å². The van der Waals surface area contributed by atoms with E-state index in [1.807, 2.05) is 42.5 Å². The average Bonchev–Trinajstić information content (AvgIpc) is 3.49. The molecule has 0 saturated heterocycles. The molecule has 0 aliphatic heterocycles. The lowest BCUT2D eigenvalue weighted by Gasteiger charge is -2.20. The summed E-state index contributed by atoms with van der Waals surface area (Å²) in [5.41, 5.74) is 15.2. The summed E-state index contributed by atoms with van der Waals surface area (Å²) in [4.78, 5) is 0. The maximum atomic E-state index is 9.81. The Balaban J connectivity index is 1.48. The summed E-state index contributed by atoms with van der Waals surface area (Å²) in [7, 11) is 0. The fourth-order valence-electron chi connectivity index (χ4n) is 7.66. The Morgan fingerprint density at radius 1 is 0.312 bits per heavy atom. The molecule has 0 aromatic heterocycles. The number of fused-ring (bicyclic) bond motifs is 4. The standard InChI is InChI=1S/C46H26N2/c47-27-29-18-20-31(21-19-29)35-22-24-39-44-40(25-23-36(43(35)44)34-15-9-10-30(26-34)28-48)46-42(33-13-5-2-6-14-33)38-17-8-7-16-37(38)41(45(39)46)32-11-3-1-4-12-32/h1-26H. The van der Waals surface area contributed by atoms with Crippen molar-refractivity contribution >= 4 is 21.5 Å². The monoisotopic (exact) mass is 606 g/mol. The lowest BCUT2D eigenvalue weighted by atomic mass is 9.82. The lowest BCUT2D eigenvalue weighted by Crippen LogP contribution is -1.93. The van der Waals surface area contributed by atoms with Gasteiger partial charge < -0.3 is 0 Å². The second-order valence-corrected chi connectivity index (χ2v) is 12.2. The molecule has 48 heavy (non-hydrogen) atoms. The predicted molar refractivity (Wildman–Crippen MR) is 197 cm³/mol. The second kappa shape index (κ2) is 11.0. The third-order valence-electron chi connectivity index (χ3n) is 9.67. The number of nitrogens with zero attached hydrogens (tertiary/aromatic N) is 2. The van der Waals surface area contributed by atoms with Crippen molar-refractivity contribution in [1.82, 2.24) is 0 Å². The van der Waals surface area contributed by atoms with Gasteiger partial charge in [-0.15, -0.1) is 0 Å². The van der Waals surface area contributed by atoms with E-state index in [1.165, 1.54) is 60.7 Å². The molecule has 0 N–H and O–H groups in total. The molecule has 0 amide bonds. The van der Waals surface area contributed by atoms with Crippen molar-refractivity contribution in [2.24, 2.45) is 0 Å². The van der Waals surface area contributed by atoms with Gasteiger partial charge in [-0.1, -0.05) is 133 Å². The van der Waals surface area contributed by atoms with Gasteiger partial charge in [-0.2, -0.15) is 10.5 Å². The topological polar surface area (TPSA) is 47.6 Å². The van der Waals surface area contributed by atoms with Gasteiger partial charge in [0, 0.05) is 0 Å². The highest BCUT2D eigenvalue weighted by atomic mass is 14.3. The normalized spacial score (nSPS) is 11.3. The van der Waals surface area contributed by atoms with E-state index < -0.39 is 0 Å². The minimum atomic E-state index is 0.628. The van der Waals surface area contributed by atoms with Crippen molar-refractivity contribution in [3.63, 3.8) is 0 Å².